The molecule has 0 radical (unpaired) electrons. The van der Waals surface area contributed by atoms with E-state index in [0.29, 0.717) is 17.9 Å². The van der Waals surface area contributed by atoms with Gasteiger partial charge in [0.25, 0.3) is 0 Å². The molecule has 0 aromatic carbocycles. The van der Waals surface area contributed by atoms with Crippen LogP contribution in [0.1, 0.15) is 32.1 Å². The molecule has 3 nitrogen and oxygen atoms in total. The van der Waals surface area contributed by atoms with Crippen LogP contribution in [-0.2, 0) is 9.53 Å². The summed E-state index contributed by atoms with van der Waals surface area (Å²) in [7, 11) is 1.85. The fourth-order valence-corrected chi connectivity index (χ4v) is 4.66. The molecule has 17 heavy (non-hydrogen) atoms. The molecule has 3 heteroatoms. The molecule has 0 saturated heterocycles. The normalized spacial score (nSPS) is 46.9. The first-order valence-electron chi connectivity index (χ1n) is 6.64. The maximum Gasteiger partial charge on any atom is 0.243 e. The van der Waals surface area contributed by atoms with E-state index in [1.54, 1.807) is 0 Å². The Labute approximate surface area is 103 Å². The Morgan fingerprint density at radius 2 is 2.00 bits per heavy atom. The largest absolute Gasteiger partial charge is 0.378 e. The van der Waals surface area contributed by atoms with Crippen LogP contribution in [-0.4, -0.2) is 24.7 Å². The van der Waals surface area contributed by atoms with Gasteiger partial charge in [0.15, 0.2) is 0 Å². The molecular formula is C14H21NO2. The van der Waals surface area contributed by atoms with Gasteiger partial charge in [-0.3, -0.25) is 4.79 Å². The minimum absolute atomic E-state index is 0.0195. The highest BCUT2D eigenvalue weighted by atomic mass is 16.5. The number of hydrogen-bond donors (Lipinski definition) is 1. The zero-order valence-electron chi connectivity index (χ0n) is 10.4. The Balaban J connectivity index is 1.78. The third-order valence-corrected chi connectivity index (χ3v) is 5.14. The number of carbonyl (C=O) groups is 1. The first kappa shape index (κ1) is 11.3. The summed E-state index contributed by atoms with van der Waals surface area (Å²) in [5.74, 6) is 2.04. The molecule has 0 spiro atoms. The average Bonchev–Trinajstić information content (AvgIpc) is 2.32. The lowest BCUT2D eigenvalue weighted by atomic mass is 9.52. The van der Waals surface area contributed by atoms with Crippen LogP contribution in [0.2, 0.25) is 0 Å². The number of amides is 1. The van der Waals surface area contributed by atoms with Crippen LogP contribution < -0.4 is 5.32 Å². The minimum atomic E-state index is -0.0195. The molecule has 0 aromatic heterocycles. The summed E-state index contributed by atoms with van der Waals surface area (Å²) in [5, 5.41) is 3.14. The monoisotopic (exact) mass is 235 g/mol. The van der Waals surface area contributed by atoms with E-state index in [0.717, 1.165) is 18.8 Å². The number of hydrogen-bond acceptors (Lipinski definition) is 2. The SMILES string of the molecule is C=CC(=O)NC1C2CC3CC1CC(OC)(C3)C2. The van der Waals surface area contributed by atoms with E-state index in [-0.39, 0.29) is 11.5 Å². The molecular weight excluding hydrogens is 214 g/mol. The molecule has 4 bridgehead atoms. The van der Waals surface area contributed by atoms with Crippen molar-refractivity contribution in [3.63, 3.8) is 0 Å². The van der Waals surface area contributed by atoms with Gasteiger partial charge in [-0.1, -0.05) is 6.58 Å². The van der Waals surface area contributed by atoms with Crippen molar-refractivity contribution in [2.24, 2.45) is 17.8 Å². The maximum atomic E-state index is 11.5. The van der Waals surface area contributed by atoms with Crippen LogP contribution in [0.4, 0.5) is 0 Å². The molecule has 0 aromatic rings. The molecule has 4 fully saturated rings. The van der Waals surface area contributed by atoms with Crippen LogP contribution in [0.3, 0.4) is 0 Å². The van der Waals surface area contributed by atoms with E-state index in [9.17, 15) is 4.79 Å². The molecule has 1 N–H and O–H groups in total. The van der Waals surface area contributed by atoms with Crippen LogP contribution in [0.5, 0.6) is 0 Å². The molecule has 94 valence electrons. The third-order valence-electron chi connectivity index (χ3n) is 5.14. The number of methoxy groups -OCH3 is 1. The standard InChI is InChI=1S/C14H21NO2/c1-3-12(16)15-13-10-4-9-5-11(13)8-14(6-9,7-10)17-2/h3,9-11,13H,1,4-8H2,2H3,(H,15,16). The van der Waals surface area contributed by atoms with E-state index in [4.69, 9.17) is 4.74 Å². The van der Waals surface area contributed by atoms with Crippen LogP contribution >= 0.6 is 0 Å². The predicted molar refractivity (Wildman–Crippen MR) is 65.4 cm³/mol. The Morgan fingerprint density at radius 3 is 2.53 bits per heavy atom. The Bertz CT molecular complexity index is 336. The fraction of sp³-hybridized carbons (Fsp3) is 0.786. The van der Waals surface area contributed by atoms with Crippen LogP contribution in [0.15, 0.2) is 12.7 Å². The summed E-state index contributed by atoms with van der Waals surface area (Å²) in [6.45, 7) is 3.54. The summed E-state index contributed by atoms with van der Waals surface area (Å²) in [4.78, 5) is 11.5. The second-order valence-corrected chi connectivity index (χ2v) is 6.10. The van der Waals surface area contributed by atoms with Gasteiger partial charge >= 0.3 is 0 Å². The zero-order chi connectivity index (χ0) is 12.0. The van der Waals surface area contributed by atoms with Crippen molar-refractivity contribution in [1.82, 2.24) is 5.32 Å². The van der Waals surface area contributed by atoms with Gasteiger partial charge in [0, 0.05) is 13.2 Å². The zero-order valence-corrected chi connectivity index (χ0v) is 10.4. The molecule has 2 atom stereocenters. The quantitative estimate of drug-likeness (QED) is 0.759. The first-order chi connectivity index (χ1) is 8.15. The Kier molecular flexibility index (Phi) is 2.54. The van der Waals surface area contributed by atoms with Crippen molar-refractivity contribution in [1.29, 1.82) is 0 Å². The van der Waals surface area contributed by atoms with E-state index in [1.807, 2.05) is 7.11 Å². The van der Waals surface area contributed by atoms with E-state index < -0.39 is 0 Å². The number of ether oxygens (including phenoxy) is 1. The van der Waals surface area contributed by atoms with Crippen molar-refractivity contribution in [3.05, 3.63) is 12.7 Å². The van der Waals surface area contributed by atoms with Gasteiger partial charge in [-0.25, -0.2) is 0 Å². The highest BCUT2D eigenvalue weighted by Crippen LogP contribution is 2.56. The highest BCUT2D eigenvalue weighted by Gasteiger charge is 2.55. The molecule has 1 amide bonds. The van der Waals surface area contributed by atoms with Crippen molar-refractivity contribution < 1.29 is 9.53 Å². The maximum absolute atomic E-state index is 11.5. The summed E-state index contributed by atoms with van der Waals surface area (Å²) in [5.41, 5.74) is 0.131. The number of rotatable bonds is 3. The van der Waals surface area contributed by atoms with E-state index in [1.165, 1.54) is 25.3 Å². The van der Waals surface area contributed by atoms with Crippen molar-refractivity contribution in [2.75, 3.05) is 7.11 Å². The topological polar surface area (TPSA) is 38.3 Å². The van der Waals surface area contributed by atoms with Gasteiger partial charge < -0.3 is 10.1 Å². The minimum Gasteiger partial charge on any atom is -0.378 e. The predicted octanol–water partition coefficient (Wildman–Crippen LogP) is 1.88. The summed E-state index contributed by atoms with van der Waals surface area (Å²) in [6, 6.07) is 0.361. The number of nitrogens with one attached hydrogen (secondary N) is 1. The smallest absolute Gasteiger partial charge is 0.243 e. The van der Waals surface area contributed by atoms with Gasteiger partial charge in [-0.15, -0.1) is 0 Å². The Morgan fingerprint density at radius 1 is 1.35 bits per heavy atom. The summed E-state index contributed by atoms with van der Waals surface area (Å²) in [6.07, 6.45) is 7.40. The second kappa shape index (κ2) is 3.84. The summed E-state index contributed by atoms with van der Waals surface area (Å²) < 4.78 is 5.80. The fourth-order valence-electron chi connectivity index (χ4n) is 4.66. The van der Waals surface area contributed by atoms with Gasteiger partial charge in [0.1, 0.15) is 0 Å². The third kappa shape index (κ3) is 1.71. The molecule has 4 aliphatic rings. The molecule has 0 aliphatic heterocycles. The Hall–Kier alpha value is -0.830. The van der Waals surface area contributed by atoms with Gasteiger partial charge in [0.05, 0.1) is 5.60 Å². The van der Waals surface area contributed by atoms with Crippen LogP contribution in [0, 0.1) is 17.8 Å². The molecule has 4 saturated carbocycles. The highest BCUT2D eigenvalue weighted by molar-refractivity contribution is 5.87. The molecule has 2 unspecified atom stereocenters. The van der Waals surface area contributed by atoms with Crippen molar-refractivity contribution >= 4 is 5.91 Å². The van der Waals surface area contributed by atoms with Crippen LogP contribution in [0.25, 0.3) is 0 Å². The summed E-state index contributed by atoms with van der Waals surface area (Å²) >= 11 is 0. The lowest BCUT2D eigenvalue weighted by Crippen LogP contribution is -2.62. The van der Waals surface area contributed by atoms with Crippen molar-refractivity contribution in [2.45, 2.75) is 43.7 Å². The lowest BCUT2D eigenvalue weighted by molar-refractivity contribution is -0.160. The van der Waals surface area contributed by atoms with E-state index >= 15 is 0 Å². The van der Waals surface area contributed by atoms with Gasteiger partial charge in [-0.05, 0) is 55.9 Å². The number of carbonyl (C=O) groups excluding carboxylic acids is 1. The molecule has 0 heterocycles. The molecule has 4 aliphatic carbocycles. The van der Waals surface area contributed by atoms with Gasteiger partial charge in [0.2, 0.25) is 5.91 Å². The lowest BCUT2D eigenvalue weighted by Gasteiger charge is -2.59. The van der Waals surface area contributed by atoms with Gasteiger partial charge in [-0.2, -0.15) is 0 Å². The molecule has 4 rings (SSSR count). The van der Waals surface area contributed by atoms with E-state index in [2.05, 4.69) is 11.9 Å². The van der Waals surface area contributed by atoms with Crippen molar-refractivity contribution in [3.8, 4) is 0 Å². The average molecular weight is 235 g/mol. The first-order valence-corrected chi connectivity index (χ1v) is 6.64. The second-order valence-electron chi connectivity index (χ2n) is 6.10.